The monoisotopic (exact) mass is 555 g/mol. The van der Waals surface area contributed by atoms with Crippen LogP contribution in [0.4, 0.5) is 18.9 Å². The van der Waals surface area contributed by atoms with Crippen LogP contribution in [0.3, 0.4) is 0 Å². The molecule has 5 rings (SSSR count). The molecule has 2 aliphatic heterocycles. The van der Waals surface area contributed by atoms with Gasteiger partial charge in [-0.2, -0.15) is 13.2 Å². The zero-order chi connectivity index (χ0) is 28.4. The molecule has 40 heavy (non-hydrogen) atoms. The average molecular weight is 556 g/mol. The molecule has 0 spiro atoms. The molecule has 0 bridgehead atoms. The molecular formula is C29H28F3N3O5. The Morgan fingerprint density at radius 1 is 0.850 bits per heavy atom. The third kappa shape index (κ3) is 5.36. The number of aliphatic imine (C=N–C) groups is 1. The highest BCUT2D eigenvalue weighted by Gasteiger charge is 2.33. The lowest BCUT2D eigenvalue weighted by molar-refractivity contribution is -0.137. The molecule has 0 aliphatic carbocycles. The van der Waals surface area contributed by atoms with Crippen molar-refractivity contribution in [3.63, 3.8) is 0 Å². The van der Waals surface area contributed by atoms with Gasteiger partial charge in [-0.05, 0) is 61.0 Å². The Hall–Kier alpha value is -4.41. The summed E-state index contributed by atoms with van der Waals surface area (Å²) in [6.45, 7) is 1.80. The summed E-state index contributed by atoms with van der Waals surface area (Å²) in [5, 5.41) is 0. The topological polar surface area (TPSA) is 72.8 Å². The van der Waals surface area contributed by atoms with Crippen LogP contribution in [-0.2, 0) is 6.18 Å². The molecule has 210 valence electrons. The summed E-state index contributed by atoms with van der Waals surface area (Å²) in [4.78, 5) is 21.8. The third-order valence-electron chi connectivity index (χ3n) is 6.87. The molecule has 2 heterocycles. The Kier molecular flexibility index (Phi) is 7.46. The van der Waals surface area contributed by atoms with Gasteiger partial charge in [-0.1, -0.05) is 0 Å². The minimum absolute atomic E-state index is 0.0718. The summed E-state index contributed by atoms with van der Waals surface area (Å²) in [6.07, 6.45) is -3.91. The summed E-state index contributed by atoms with van der Waals surface area (Å²) in [7, 11) is 4.57. The minimum atomic E-state index is -4.53. The van der Waals surface area contributed by atoms with Crippen molar-refractivity contribution in [1.29, 1.82) is 0 Å². The van der Waals surface area contributed by atoms with E-state index >= 15 is 0 Å². The van der Waals surface area contributed by atoms with Crippen LogP contribution in [0, 0.1) is 0 Å². The number of hydrogen-bond acceptors (Lipinski definition) is 7. The highest BCUT2D eigenvalue weighted by Crippen LogP contribution is 2.42. The van der Waals surface area contributed by atoms with E-state index in [1.807, 2.05) is 4.90 Å². The number of fused-ring (bicyclic) bond motifs is 2. The van der Waals surface area contributed by atoms with Crippen LogP contribution in [0.25, 0.3) is 0 Å². The van der Waals surface area contributed by atoms with Crippen molar-refractivity contribution in [3.8, 4) is 28.7 Å². The number of amides is 1. The molecule has 1 amide bonds. The largest absolute Gasteiger partial charge is 0.497 e. The van der Waals surface area contributed by atoms with Gasteiger partial charge in [0.05, 0.1) is 32.5 Å². The van der Waals surface area contributed by atoms with Crippen molar-refractivity contribution in [3.05, 3.63) is 71.3 Å². The molecule has 0 unspecified atom stereocenters. The van der Waals surface area contributed by atoms with Crippen LogP contribution in [-0.4, -0.2) is 69.1 Å². The number of halogens is 3. The van der Waals surface area contributed by atoms with Gasteiger partial charge >= 0.3 is 6.18 Å². The maximum atomic E-state index is 13.5. The van der Waals surface area contributed by atoms with Gasteiger partial charge in [0.2, 0.25) is 0 Å². The summed E-state index contributed by atoms with van der Waals surface area (Å²) < 4.78 is 62.6. The van der Waals surface area contributed by atoms with Crippen LogP contribution < -0.4 is 18.9 Å². The predicted molar refractivity (Wildman–Crippen MR) is 142 cm³/mol. The van der Waals surface area contributed by atoms with E-state index in [1.54, 1.807) is 41.3 Å². The summed E-state index contributed by atoms with van der Waals surface area (Å²) >= 11 is 0. The van der Waals surface area contributed by atoms with Crippen molar-refractivity contribution in [2.75, 3.05) is 47.5 Å². The Bertz CT molecular complexity index is 1460. The van der Waals surface area contributed by atoms with E-state index in [1.165, 1.54) is 27.4 Å². The molecule has 0 radical (unpaired) electrons. The van der Waals surface area contributed by atoms with Gasteiger partial charge in [0.25, 0.3) is 5.91 Å². The van der Waals surface area contributed by atoms with Crippen LogP contribution >= 0.6 is 0 Å². The van der Waals surface area contributed by atoms with E-state index in [4.69, 9.17) is 23.9 Å². The molecule has 0 saturated carbocycles. The van der Waals surface area contributed by atoms with Crippen molar-refractivity contribution in [1.82, 2.24) is 9.80 Å². The summed E-state index contributed by atoms with van der Waals surface area (Å²) in [5.74, 6) is 2.49. The molecular weight excluding hydrogens is 527 g/mol. The Morgan fingerprint density at radius 2 is 1.62 bits per heavy atom. The van der Waals surface area contributed by atoms with E-state index in [2.05, 4.69) is 0 Å². The normalized spacial score (nSPS) is 15.1. The lowest BCUT2D eigenvalue weighted by Crippen LogP contribution is -2.37. The first-order valence-electron chi connectivity index (χ1n) is 12.6. The maximum Gasteiger partial charge on any atom is 0.416 e. The van der Waals surface area contributed by atoms with E-state index in [0.717, 1.165) is 12.1 Å². The van der Waals surface area contributed by atoms with E-state index in [0.29, 0.717) is 72.6 Å². The number of benzene rings is 3. The van der Waals surface area contributed by atoms with Gasteiger partial charge in [-0.25, -0.2) is 4.99 Å². The molecule has 0 atom stereocenters. The summed E-state index contributed by atoms with van der Waals surface area (Å²) in [6, 6.07) is 13.5. The molecule has 1 saturated heterocycles. The second-order valence-corrected chi connectivity index (χ2v) is 9.28. The number of nitrogens with zero attached hydrogens (tertiary/aromatic N) is 3. The van der Waals surface area contributed by atoms with Crippen molar-refractivity contribution >= 4 is 17.4 Å². The van der Waals surface area contributed by atoms with Gasteiger partial charge in [-0.15, -0.1) is 0 Å². The zero-order valence-corrected chi connectivity index (χ0v) is 22.2. The van der Waals surface area contributed by atoms with Crippen LogP contribution in [0.15, 0.2) is 59.6 Å². The second kappa shape index (κ2) is 11.0. The fourth-order valence-electron chi connectivity index (χ4n) is 4.79. The molecule has 2 aliphatic rings. The summed E-state index contributed by atoms with van der Waals surface area (Å²) in [5.41, 5.74) is 0.310. The number of rotatable bonds is 4. The molecule has 1 fully saturated rings. The number of carbonyl (C=O) groups excluding carboxylic acids is 1. The first-order chi connectivity index (χ1) is 19.2. The lowest BCUT2D eigenvalue weighted by Gasteiger charge is -2.25. The first kappa shape index (κ1) is 27.2. The second-order valence-electron chi connectivity index (χ2n) is 9.28. The van der Waals surface area contributed by atoms with E-state index in [-0.39, 0.29) is 17.3 Å². The predicted octanol–water partition coefficient (Wildman–Crippen LogP) is 5.76. The Labute approximate surface area is 229 Å². The van der Waals surface area contributed by atoms with E-state index in [9.17, 15) is 18.0 Å². The van der Waals surface area contributed by atoms with Crippen LogP contribution in [0.2, 0.25) is 0 Å². The van der Waals surface area contributed by atoms with Crippen LogP contribution in [0.5, 0.6) is 28.7 Å². The molecule has 3 aromatic carbocycles. The fourth-order valence-corrected chi connectivity index (χ4v) is 4.79. The zero-order valence-electron chi connectivity index (χ0n) is 22.2. The van der Waals surface area contributed by atoms with Crippen LogP contribution in [0.1, 0.15) is 27.9 Å². The van der Waals surface area contributed by atoms with Gasteiger partial charge in [0.1, 0.15) is 23.0 Å². The number of ether oxygens (including phenoxy) is 4. The molecule has 11 heteroatoms. The van der Waals surface area contributed by atoms with Crippen molar-refractivity contribution < 1.29 is 36.9 Å². The number of hydrogen-bond donors (Lipinski definition) is 0. The van der Waals surface area contributed by atoms with Crippen molar-refractivity contribution in [2.45, 2.75) is 12.6 Å². The first-order valence-corrected chi connectivity index (χ1v) is 12.6. The standard InChI is InChI=1S/C29H28F3N3O5/c1-37-20-7-10-23-21(17-20)27(33-22-16-19(29(30,31)32)6-9-24(22)40-23)34-11-4-12-35(14-13-34)28(36)18-5-8-25(38-2)26(15-18)39-3/h5-10,15-17H,4,11-14H2,1-3H3. The quantitative estimate of drug-likeness (QED) is 0.408. The smallest absolute Gasteiger partial charge is 0.416 e. The average Bonchev–Trinajstić information content (AvgIpc) is 3.30. The van der Waals surface area contributed by atoms with Gasteiger partial charge in [0, 0.05) is 31.7 Å². The Morgan fingerprint density at radius 3 is 2.35 bits per heavy atom. The molecule has 0 aromatic heterocycles. The van der Waals surface area contributed by atoms with Gasteiger partial charge < -0.3 is 28.7 Å². The fraction of sp³-hybridized carbons (Fsp3) is 0.310. The molecule has 3 aromatic rings. The number of methoxy groups -OCH3 is 3. The number of alkyl halides is 3. The highest BCUT2D eigenvalue weighted by atomic mass is 19.4. The molecule has 0 N–H and O–H groups in total. The maximum absolute atomic E-state index is 13.5. The number of amidine groups is 1. The lowest BCUT2D eigenvalue weighted by atomic mass is 10.1. The van der Waals surface area contributed by atoms with E-state index < -0.39 is 11.7 Å². The Balaban J connectivity index is 1.47. The third-order valence-corrected chi connectivity index (χ3v) is 6.87. The highest BCUT2D eigenvalue weighted by molar-refractivity contribution is 6.04. The van der Waals surface area contributed by atoms with Crippen molar-refractivity contribution in [2.24, 2.45) is 4.99 Å². The molecule has 8 nitrogen and oxygen atoms in total. The van der Waals surface area contributed by atoms with Gasteiger partial charge in [0.15, 0.2) is 17.2 Å². The number of carbonyl (C=O) groups is 1. The minimum Gasteiger partial charge on any atom is -0.497 e. The SMILES string of the molecule is COc1ccc2c(c1)C(N1CCCN(C(=O)c3ccc(OC)c(OC)c3)CC1)=Nc1cc(C(F)(F)F)ccc1O2. The van der Waals surface area contributed by atoms with Gasteiger partial charge in [-0.3, -0.25) is 4.79 Å².